The summed E-state index contributed by atoms with van der Waals surface area (Å²) in [5.41, 5.74) is 3.73. The van der Waals surface area contributed by atoms with Gasteiger partial charge in [-0.1, -0.05) is 70.2 Å². The van der Waals surface area contributed by atoms with Crippen LogP contribution in [0.2, 0.25) is 0 Å². The molecule has 7 heteroatoms. The molecule has 3 rings (SSSR count). The van der Waals surface area contributed by atoms with Crippen molar-refractivity contribution in [1.82, 2.24) is 0 Å². The second-order valence-corrected chi connectivity index (χ2v) is 10.6. The Morgan fingerprint density at radius 3 is 2.27 bits per heavy atom. The third-order valence-electron chi connectivity index (χ3n) is 7.02. The number of hydrogen-bond donors (Lipinski definition) is 0. The van der Waals surface area contributed by atoms with Crippen LogP contribution in [-0.4, -0.2) is 38.6 Å². The third kappa shape index (κ3) is 10.3. The van der Waals surface area contributed by atoms with Crippen molar-refractivity contribution in [2.45, 2.75) is 78.1 Å². The van der Waals surface area contributed by atoms with Crippen molar-refractivity contribution in [3.63, 3.8) is 0 Å². The first-order chi connectivity index (χ1) is 19.4. The molecule has 0 amide bonds. The summed E-state index contributed by atoms with van der Waals surface area (Å²) in [5, 5.41) is 0. The number of hydrogen-bond acceptors (Lipinski definition) is 6. The molecular formula is C33H43FO6. The van der Waals surface area contributed by atoms with E-state index < -0.39 is 12.1 Å². The van der Waals surface area contributed by atoms with E-state index in [-0.39, 0.29) is 31.6 Å². The molecule has 0 saturated carbocycles. The van der Waals surface area contributed by atoms with Crippen molar-refractivity contribution >= 4 is 12.1 Å². The zero-order chi connectivity index (χ0) is 28.7. The Labute approximate surface area is 237 Å². The number of carbonyl (C=O) groups excluding carboxylic acids is 2. The maximum atomic E-state index is 15.0. The minimum absolute atomic E-state index is 0.0697. The lowest BCUT2D eigenvalue weighted by molar-refractivity contribution is -0.139. The summed E-state index contributed by atoms with van der Waals surface area (Å²) in [6.45, 7) is 8.50. The van der Waals surface area contributed by atoms with E-state index in [2.05, 4.69) is 13.5 Å². The van der Waals surface area contributed by atoms with Crippen LogP contribution in [-0.2, 0) is 31.8 Å². The van der Waals surface area contributed by atoms with Gasteiger partial charge in [0.1, 0.15) is 24.8 Å². The summed E-state index contributed by atoms with van der Waals surface area (Å²) in [4.78, 5) is 22.9. The first-order valence-electron chi connectivity index (χ1n) is 14.5. The SMILES string of the molecule is C=C(C)C(=O)OCCCc1cc(-c2ccc(CCCCCCCCC)c(F)c2)ccc1OCC1COC(=O)OC1. The smallest absolute Gasteiger partial charge is 0.493 e. The summed E-state index contributed by atoms with van der Waals surface area (Å²) in [7, 11) is 0. The lowest BCUT2D eigenvalue weighted by atomic mass is 9.97. The largest absolute Gasteiger partial charge is 0.508 e. The highest BCUT2D eigenvalue weighted by molar-refractivity contribution is 5.86. The Morgan fingerprint density at radius 2 is 1.57 bits per heavy atom. The first kappa shape index (κ1) is 31.2. The average Bonchev–Trinajstić information content (AvgIpc) is 2.95. The van der Waals surface area contributed by atoms with E-state index in [0.29, 0.717) is 30.8 Å². The maximum absolute atomic E-state index is 15.0. The Kier molecular flexibility index (Phi) is 13.0. The molecule has 0 N–H and O–H groups in total. The van der Waals surface area contributed by atoms with E-state index in [1.165, 1.54) is 32.1 Å². The predicted molar refractivity (Wildman–Crippen MR) is 154 cm³/mol. The number of esters is 1. The van der Waals surface area contributed by atoms with Crippen LogP contribution in [0.3, 0.4) is 0 Å². The molecule has 0 radical (unpaired) electrons. The van der Waals surface area contributed by atoms with Crippen LogP contribution in [0.1, 0.15) is 76.3 Å². The molecule has 0 atom stereocenters. The van der Waals surface area contributed by atoms with Gasteiger partial charge in [-0.15, -0.1) is 0 Å². The highest BCUT2D eigenvalue weighted by Crippen LogP contribution is 2.30. The van der Waals surface area contributed by atoms with Crippen LogP contribution in [0.15, 0.2) is 48.6 Å². The molecule has 1 aliphatic rings. The number of rotatable bonds is 17. The summed E-state index contributed by atoms with van der Waals surface area (Å²) >= 11 is 0. The molecule has 0 spiro atoms. The van der Waals surface area contributed by atoms with E-state index in [9.17, 15) is 9.59 Å². The van der Waals surface area contributed by atoms with Crippen LogP contribution in [0.25, 0.3) is 11.1 Å². The molecule has 0 aliphatic carbocycles. The van der Waals surface area contributed by atoms with E-state index in [0.717, 1.165) is 41.5 Å². The van der Waals surface area contributed by atoms with Gasteiger partial charge in [0, 0.05) is 5.57 Å². The Hall–Kier alpha value is -3.35. The van der Waals surface area contributed by atoms with Crippen molar-refractivity contribution in [1.29, 1.82) is 0 Å². The molecule has 218 valence electrons. The van der Waals surface area contributed by atoms with Crippen molar-refractivity contribution < 1.29 is 32.9 Å². The van der Waals surface area contributed by atoms with Crippen molar-refractivity contribution in [3.05, 3.63) is 65.5 Å². The molecule has 1 fully saturated rings. The van der Waals surface area contributed by atoms with E-state index >= 15 is 4.39 Å². The fourth-order valence-electron chi connectivity index (χ4n) is 4.61. The lowest BCUT2D eigenvalue weighted by Gasteiger charge is -2.22. The fraction of sp³-hybridized carbons (Fsp3) is 0.515. The second-order valence-electron chi connectivity index (χ2n) is 10.6. The third-order valence-corrected chi connectivity index (χ3v) is 7.02. The van der Waals surface area contributed by atoms with E-state index in [1.54, 1.807) is 13.0 Å². The van der Waals surface area contributed by atoms with Crippen LogP contribution in [0, 0.1) is 11.7 Å². The van der Waals surface area contributed by atoms with Crippen molar-refractivity contribution in [2.24, 2.45) is 5.92 Å². The number of aryl methyl sites for hydroxylation is 2. The summed E-state index contributed by atoms with van der Waals surface area (Å²) in [6, 6.07) is 11.3. The maximum Gasteiger partial charge on any atom is 0.508 e. The number of carbonyl (C=O) groups is 2. The number of benzene rings is 2. The van der Waals surface area contributed by atoms with Crippen LogP contribution >= 0.6 is 0 Å². The Bertz CT molecular complexity index is 1120. The molecule has 1 heterocycles. The standard InChI is InChI=1S/C33H43FO6/c1-4-5-6-7-8-9-10-12-26-14-15-28(20-30(26)34)27-16-17-31(38-21-25-22-39-33(36)40-23-25)29(19-27)13-11-18-37-32(35)24(2)3/h14-17,19-20,25H,2,4-13,18,21-23H2,1,3H3. The summed E-state index contributed by atoms with van der Waals surface area (Å²) < 4.78 is 36.2. The molecule has 0 aromatic heterocycles. The van der Waals surface area contributed by atoms with Gasteiger partial charge in [-0.05, 0) is 73.1 Å². The van der Waals surface area contributed by atoms with Crippen molar-refractivity contribution in [3.8, 4) is 16.9 Å². The molecule has 6 nitrogen and oxygen atoms in total. The number of cyclic esters (lactones) is 2. The molecule has 0 bridgehead atoms. The minimum atomic E-state index is -0.661. The Balaban J connectivity index is 1.64. The van der Waals surface area contributed by atoms with Crippen LogP contribution in [0.4, 0.5) is 9.18 Å². The molecule has 2 aromatic carbocycles. The quantitative estimate of drug-likeness (QED) is 0.112. The summed E-state index contributed by atoms with van der Waals surface area (Å²) in [6.07, 6.45) is 9.71. The molecule has 1 aliphatic heterocycles. The van der Waals surface area contributed by atoms with Gasteiger partial charge in [-0.3, -0.25) is 0 Å². The summed E-state index contributed by atoms with van der Waals surface area (Å²) in [5.74, 6) is 0.0238. The normalized spacial score (nSPS) is 13.4. The molecule has 2 aromatic rings. The Morgan fingerprint density at radius 1 is 0.925 bits per heavy atom. The van der Waals surface area contributed by atoms with Gasteiger partial charge in [0.15, 0.2) is 0 Å². The average molecular weight is 555 g/mol. The van der Waals surface area contributed by atoms with Crippen LogP contribution in [0.5, 0.6) is 5.75 Å². The highest BCUT2D eigenvalue weighted by atomic mass is 19.1. The zero-order valence-corrected chi connectivity index (χ0v) is 24.0. The van der Waals surface area contributed by atoms with Gasteiger partial charge in [0.2, 0.25) is 0 Å². The molecule has 1 saturated heterocycles. The molecule has 40 heavy (non-hydrogen) atoms. The van der Waals surface area contributed by atoms with E-state index in [1.807, 2.05) is 30.3 Å². The molecule has 0 unspecified atom stereocenters. The molecular weight excluding hydrogens is 511 g/mol. The predicted octanol–water partition coefficient (Wildman–Crippen LogP) is 8.00. The second kappa shape index (κ2) is 16.7. The first-order valence-corrected chi connectivity index (χ1v) is 14.5. The fourth-order valence-corrected chi connectivity index (χ4v) is 4.61. The van der Waals surface area contributed by atoms with Gasteiger partial charge in [0.25, 0.3) is 0 Å². The van der Waals surface area contributed by atoms with Crippen LogP contribution < -0.4 is 4.74 Å². The number of ether oxygens (including phenoxy) is 4. The van der Waals surface area contributed by atoms with Gasteiger partial charge in [-0.2, -0.15) is 0 Å². The highest BCUT2D eigenvalue weighted by Gasteiger charge is 2.22. The minimum Gasteiger partial charge on any atom is -0.493 e. The lowest BCUT2D eigenvalue weighted by Crippen LogP contribution is -2.31. The van der Waals surface area contributed by atoms with Crippen molar-refractivity contribution in [2.75, 3.05) is 26.4 Å². The number of unbranched alkanes of at least 4 members (excludes halogenated alkanes) is 6. The number of halogens is 1. The van der Waals surface area contributed by atoms with Gasteiger partial charge < -0.3 is 18.9 Å². The zero-order valence-electron chi connectivity index (χ0n) is 24.0. The van der Waals surface area contributed by atoms with Gasteiger partial charge in [-0.25, -0.2) is 14.0 Å². The van der Waals surface area contributed by atoms with Gasteiger partial charge >= 0.3 is 12.1 Å². The van der Waals surface area contributed by atoms with E-state index in [4.69, 9.17) is 18.9 Å². The van der Waals surface area contributed by atoms with Gasteiger partial charge in [0.05, 0.1) is 19.1 Å². The topological polar surface area (TPSA) is 71.1 Å². The monoisotopic (exact) mass is 554 g/mol.